The van der Waals surface area contributed by atoms with Crippen molar-refractivity contribution in [2.75, 3.05) is 18.5 Å². The molecule has 30 heavy (non-hydrogen) atoms. The molecule has 1 aliphatic rings. The van der Waals surface area contributed by atoms with Crippen LogP contribution < -0.4 is 15.4 Å². The van der Waals surface area contributed by atoms with E-state index in [0.717, 1.165) is 17.7 Å². The quantitative estimate of drug-likeness (QED) is 0.445. The van der Waals surface area contributed by atoms with E-state index >= 15 is 0 Å². The van der Waals surface area contributed by atoms with Crippen LogP contribution in [-0.4, -0.2) is 53.5 Å². The van der Waals surface area contributed by atoms with Crippen molar-refractivity contribution in [1.29, 1.82) is 0 Å². The molecule has 9 nitrogen and oxygen atoms in total. The van der Waals surface area contributed by atoms with E-state index in [-0.39, 0.29) is 0 Å². The second kappa shape index (κ2) is 10.1. The Morgan fingerprint density at radius 2 is 1.87 bits per heavy atom. The molecule has 2 rings (SSSR count). The van der Waals surface area contributed by atoms with Gasteiger partial charge >= 0.3 is 12.0 Å². The van der Waals surface area contributed by atoms with Gasteiger partial charge in [-0.25, -0.2) is 4.79 Å². The molecule has 0 bridgehead atoms. The molecule has 164 valence electrons. The summed E-state index contributed by atoms with van der Waals surface area (Å²) in [6.45, 7) is 6.90. The molecule has 0 aliphatic carbocycles. The lowest BCUT2D eigenvalue weighted by molar-refractivity contribution is -0.155. The number of urea groups is 1. The molecule has 2 N–H and O–H groups in total. The van der Waals surface area contributed by atoms with E-state index in [1.807, 2.05) is 13.8 Å². The molecule has 1 aromatic carbocycles. The van der Waals surface area contributed by atoms with Gasteiger partial charge in [-0.2, -0.15) is 0 Å². The third-order valence-electron chi connectivity index (χ3n) is 4.77. The number of carbonyl (C=O) groups is 4. The Bertz CT molecular complexity index is 794. The van der Waals surface area contributed by atoms with Crippen LogP contribution in [0, 0.1) is 0 Å². The number of ether oxygens (including phenoxy) is 2. The molecule has 1 aliphatic heterocycles. The molecule has 1 heterocycles. The van der Waals surface area contributed by atoms with Crippen molar-refractivity contribution in [2.24, 2.45) is 0 Å². The minimum Gasteiger partial charge on any atom is -0.494 e. The Hall–Kier alpha value is -3.10. The van der Waals surface area contributed by atoms with Gasteiger partial charge in [0, 0.05) is 5.69 Å². The second-order valence-electron chi connectivity index (χ2n) is 7.34. The van der Waals surface area contributed by atoms with Crippen molar-refractivity contribution < 1.29 is 28.7 Å². The maximum Gasteiger partial charge on any atom is 0.327 e. The number of nitrogens with zero attached hydrogens (tertiary/aromatic N) is 1. The zero-order valence-electron chi connectivity index (χ0n) is 17.8. The van der Waals surface area contributed by atoms with Crippen molar-refractivity contribution in [3.05, 3.63) is 24.3 Å². The highest BCUT2D eigenvalue weighted by Crippen LogP contribution is 2.23. The predicted octanol–water partition coefficient (Wildman–Crippen LogP) is 2.46. The first-order valence-electron chi connectivity index (χ1n) is 10.1. The normalized spacial score (nSPS) is 19.3. The fourth-order valence-corrected chi connectivity index (χ4v) is 3.05. The van der Waals surface area contributed by atoms with E-state index in [2.05, 4.69) is 10.6 Å². The SMILES string of the molecule is CCCC[C@@]1(C)NC(=O)N(CC(=O)O[C@H](C)C(=O)Nc2ccc(OCC)cc2)C1=O. The zero-order chi connectivity index (χ0) is 22.3. The predicted molar refractivity (Wildman–Crippen MR) is 110 cm³/mol. The zero-order valence-corrected chi connectivity index (χ0v) is 17.8. The minimum absolute atomic E-state index is 0.468. The number of anilines is 1. The number of amides is 4. The minimum atomic E-state index is -1.10. The lowest BCUT2D eigenvalue weighted by Gasteiger charge is -2.21. The molecule has 0 unspecified atom stereocenters. The van der Waals surface area contributed by atoms with Crippen LogP contribution in [0.3, 0.4) is 0 Å². The number of esters is 1. The molecule has 1 fully saturated rings. The third-order valence-corrected chi connectivity index (χ3v) is 4.77. The highest BCUT2D eigenvalue weighted by atomic mass is 16.5. The first kappa shape index (κ1) is 23.2. The van der Waals surface area contributed by atoms with Gasteiger partial charge in [0.05, 0.1) is 6.61 Å². The van der Waals surface area contributed by atoms with Crippen molar-refractivity contribution >= 4 is 29.5 Å². The summed E-state index contributed by atoms with van der Waals surface area (Å²) < 4.78 is 10.4. The lowest BCUT2D eigenvalue weighted by Crippen LogP contribution is -2.44. The molecule has 4 amide bonds. The summed E-state index contributed by atoms with van der Waals surface area (Å²) in [6, 6.07) is 6.12. The number of nitrogens with one attached hydrogen (secondary N) is 2. The van der Waals surface area contributed by atoms with Crippen LogP contribution in [0.4, 0.5) is 10.5 Å². The van der Waals surface area contributed by atoms with Gasteiger partial charge in [-0.3, -0.25) is 19.3 Å². The second-order valence-corrected chi connectivity index (χ2v) is 7.34. The Morgan fingerprint density at radius 3 is 2.47 bits per heavy atom. The molecule has 1 saturated heterocycles. The molecule has 0 radical (unpaired) electrons. The summed E-state index contributed by atoms with van der Waals surface area (Å²) in [7, 11) is 0. The van der Waals surface area contributed by atoms with E-state index in [1.165, 1.54) is 6.92 Å². The van der Waals surface area contributed by atoms with Crippen LogP contribution in [0.15, 0.2) is 24.3 Å². The average Bonchev–Trinajstić information content (AvgIpc) is 2.91. The van der Waals surface area contributed by atoms with Crippen molar-refractivity contribution in [3.8, 4) is 5.75 Å². The van der Waals surface area contributed by atoms with Crippen LogP contribution in [-0.2, 0) is 19.1 Å². The van der Waals surface area contributed by atoms with Gasteiger partial charge in [0.15, 0.2) is 6.10 Å². The number of imide groups is 1. The van der Waals surface area contributed by atoms with Gasteiger partial charge in [0.2, 0.25) is 0 Å². The summed E-state index contributed by atoms with van der Waals surface area (Å²) in [6.07, 6.45) is 1.03. The van der Waals surface area contributed by atoms with Crippen LogP contribution in [0.2, 0.25) is 0 Å². The van der Waals surface area contributed by atoms with Gasteiger partial charge in [-0.1, -0.05) is 19.8 Å². The molecule has 0 spiro atoms. The lowest BCUT2D eigenvalue weighted by atomic mass is 9.95. The molecular weight excluding hydrogens is 390 g/mol. The van der Waals surface area contributed by atoms with Gasteiger partial charge in [-0.15, -0.1) is 0 Å². The van der Waals surface area contributed by atoms with Crippen molar-refractivity contribution in [3.63, 3.8) is 0 Å². The molecule has 9 heteroatoms. The van der Waals surface area contributed by atoms with Crippen LogP contribution in [0.25, 0.3) is 0 Å². The Labute approximate surface area is 176 Å². The highest BCUT2D eigenvalue weighted by Gasteiger charge is 2.48. The van der Waals surface area contributed by atoms with Crippen LogP contribution >= 0.6 is 0 Å². The average molecular weight is 419 g/mol. The Morgan fingerprint density at radius 1 is 1.20 bits per heavy atom. The van der Waals surface area contributed by atoms with E-state index < -0.39 is 42.0 Å². The maximum absolute atomic E-state index is 12.6. The standard InChI is InChI=1S/C21H29N3O6/c1-5-7-12-21(4)19(27)24(20(28)23-21)13-17(25)30-14(3)18(26)22-15-8-10-16(11-9-15)29-6-2/h8-11,14H,5-7,12-13H2,1-4H3,(H,22,26)(H,23,28)/t14-,21-/m1/s1. The number of hydrogen-bond donors (Lipinski definition) is 2. The topological polar surface area (TPSA) is 114 Å². The summed E-state index contributed by atoms with van der Waals surface area (Å²) in [5.74, 6) is -1.16. The first-order chi connectivity index (χ1) is 14.2. The third kappa shape index (κ3) is 5.71. The first-order valence-corrected chi connectivity index (χ1v) is 10.1. The smallest absolute Gasteiger partial charge is 0.327 e. The van der Waals surface area contributed by atoms with E-state index in [4.69, 9.17) is 9.47 Å². The monoisotopic (exact) mass is 419 g/mol. The molecule has 0 saturated carbocycles. The van der Waals surface area contributed by atoms with Crippen molar-refractivity contribution in [1.82, 2.24) is 10.2 Å². The molecule has 2 atom stereocenters. The van der Waals surface area contributed by atoms with Gasteiger partial charge in [0.1, 0.15) is 17.8 Å². The van der Waals surface area contributed by atoms with Gasteiger partial charge < -0.3 is 20.1 Å². The van der Waals surface area contributed by atoms with E-state index in [1.54, 1.807) is 31.2 Å². The van der Waals surface area contributed by atoms with E-state index in [9.17, 15) is 19.2 Å². The van der Waals surface area contributed by atoms with Gasteiger partial charge in [0.25, 0.3) is 11.8 Å². The highest BCUT2D eigenvalue weighted by molar-refractivity contribution is 6.08. The number of unbranched alkanes of at least 4 members (excludes halogenated alkanes) is 1. The Kier molecular flexibility index (Phi) is 7.79. The fourth-order valence-electron chi connectivity index (χ4n) is 3.05. The molecule has 0 aromatic heterocycles. The Balaban J connectivity index is 1.88. The van der Waals surface area contributed by atoms with Crippen LogP contribution in [0.5, 0.6) is 5.75 Å². The summed E-state index contributed by atoms with van der Waals surface area (Å²) in [4.78, 5) is 50.0. The van der Waals surface area contributed by atoms with Crippen molar-refractivity contribution in [2.45, 2.75) is 58.6 Å². The molecule has 1 aromatic rings. The number of carbonyl (C=O) groups excluding carboxylic acids is 4. The number of benzene rings is 1. The number of hydrogen-bond acceptors (Lipinski definition) is 6. The van der Waals surface area contributed by atoms with Gasteiger partial charge in [-0.05, 0) is 51.5 Å². The van der Waals surface area contributed by atoms with Crippen LogP contribution in [0.1, 0.15) is 47.0 Å². The fraction of sp³-hybridized carbons (Fsp3) is 0.524. The molecular formula is C21H29N3O6. The summed E-state index contributed by atoms with van der Waals surface area (Å²) >= 11 is 0. The summed E-state index contributed by atoms with van der Waals surface area (Å²) in [5, 5.41) is 5.26. The summed E-state index contributed by atoms with van der Waals surface area (Å²) in [5.41, 5.74) is -0.503. The van der Waals surface area contributed by atoms with E-state index in [0.29, 0.717) is 24.5 Å². The maximum atomic E-state index is 12.6. The number of rotatable bonds is 10. The largest absolute Gasteiger partial charge is 0.494 e.